The van der Waals surface area contributed by atoms with E-state index in [1.165, 1.54) is 48.5 Å². The van der Waals surface area contributed by atoms with Gasteiger partial charge in [0, 0.05) is 12.1 Å². The fourth-order valence-electron chi connectivity index (χ4n) is 1.92. The zero-order valence-corrected chi connectivity index (χ0v) is 13.6. The second-order valence-electron chi connectivity index (χ2n) is 4.87. The molecule has 0 fully saturated rings. The molecule has 11 nitrogen and oxygen atoms in total. The smallest absolute Gasteiger partial charge is 0.351 e. The van der Waals surface area contributed by atoms with E-state index in [1.54, 1.807) is 0 Å². The number of esters is 2. The normalized spacial score (nSPS) is 9.93. The first-order valence-corrected chi connectivity index (χ1v) is 7.34. The minimum atomic E-state index is -1.11. The molecular formula is C16H12N2O9. The van der Waals surface area contributed by atoms with Gasteiger partial charge in [0.25, 0.3) is 0 Å². The number of carbonyl (C=O) groups excluding carboxylic acids is 2. The molecule has 0 aliphatic rings. The van der Waals surface area contributed by atoms with E-state index >= 15 is 0 Å². The van der Waals surface area contributed by atoms with E-state index in [9.17, 15) is 29.8 Å². The van der Waals surface area contributed by atoms with Crippen LogP contribution in [0, 0.1) is 20.2 Å². The molecule has 0 aromatic heterocycles. The molecular weight excluding hydrogens is 364 g/mol. The lowest BCUT2D eigenvalue weighted by Gasteiger charge is -2.07. The predicted octanol–water partition coefficient (Wildman–Crippen LogP) is 2.03. The number of benzene rings is 2. The van der Waals surface area contributed by atoms with Gasteiger partial charge in [-0.1, -0.05) is 24.3 Å². The molecule has 0 aliphatic carbocycles. The van der Waals surface area contributed by atoms with E-state index < -0.39 is 35.0 Å². The lowest BCUT2D eigenvalue weighted by molar-refractivity contribution is -0.386. The minimum Gasteiger partial charge on any atom is -0.475 e. The molecule has 0 saturated carbocycles. The largest absolute Gasteiger partial charge is 0.475 e. The molecule has 2 aromatic carbocycles. The number of ether oxygens (including phenoxy) is 3. The Morgan fingerprint density at radius 1 is 0.741 bits per heavy atom. The number of rotatable bonds is 8. The highest BCUT2D eigenvalue weighted by atomic mass is 16.6. The number of nitrogens with zero attached hydrogens (tertiary/aromatic N) is 2. The van der Waals surface area contributed by atoms with Crippen LogP contribution in [0.4, 0.5) is 11.4 Å². The molecule has 27 heavy (non-hydrogen) atoms. The molecule has 2 aromatic rings. The highest BCUT2D eigenvalue weighted by Crippen LogP contribution is 2.26. The molecule has 0 unspecified atom stereocenters. The maximum Gasteiger partial charge on any atom is 0.351 e. The third-order valence-corrected chi connectivity index (χ3v) is 3.04. The van der Waals surface area contributed by atoms with Crippen LogP contribution in [0.2, 0.25) is 0 Å². The van der Waals surface area contributed by atoms with Crippen LogP contribution < -0.4 is 9.47 Å². The zero-order chi connectivity index (χ0) is 19.8. The minimum absolute atomic E-state index is 0.164. The van der Waals surface area contributed by atoms with Gasteiger partial charge in [0.05, 0.1) is 9.85 Å². The van der Waals surface area contributed by atoms with Gasteiger partial charge in [-0.15, -0.1) is 0 Å². The molecule has 0 N–H and O–H groups in total. The van der Waals surface area contributed by atoms with Gasteiger partial charge in [0.1, 0.15) is 0 Å². The van der Waals surface area contributed by atoms with Gasteiger partial charge in [-0.25, -0.2) is 9.59 Å². The number of hydrogen-bond acceptors (Lipinski definition) is 9. The highest BCUT2D eigenvalue weighted by molar-refractivity contribution is 5.87. The summed E-state index contributed by atoms with van der Waals surface area (Å²) in [7, 11) is 0. The molecule has 0 saturated heterocycles. The van der Waals surface area contributed by atoms with E-state index in [1.807, 2.05) is 0 Å². The van der Waals surface area contributed by atoms with Crippen LogP contribution in [-0.4, -0.2) is 35.0 Å². The van der Waals surface area contributed by atoms with Crippen LogP contribution >= 0.6 is 0 Å². The standard InChI is InChI=1S/C16H12N2O9/c19-15(9-25-13-7-3-1-5-11(13)17(21)22)27-16(20)10-26-14-8-4-2-6-12(14)18(23)24/h1-8H,9-10H2. The molecule has 0 spiro atoms. The summed E-state index contributed by atoms with van der Waals surface area (Å²) in [6.07, 6.45) is 0. The van der Waals surface area contributed by atoms with Crippen molar-refractivity contribution in [2.24, 2.45) is 0 Å². The first kappa shape index (κ1) is 19.3. The summed E-state index contributed by atoms with van der Waals surface area (Å²) < 4.78 is 14.4. The average Bonchev–Trinajstić information content (AvgIpc) is 2.65. The number of carbonyl (C=O) groups is 2. The first-order valence-electron chi connectivity index (χ1n) is 7.34. The lowest BCUT2D eigenvalue weighted by Crippen LogP contribution is -2.23. The van der Waals surface area contributed by atoms with E-state index in [0.717, 1.165) is 0 Å². The Morgan fingerprint density at radius 2 is 1.11 bits per heavy atom. The molecule has 0 radical (unpaired) electrons. The van der Waals surface area contributed by atoms with Gasteiger partial charge < -0.3 is 14.2 Å². The molecule has 0 heterocycles. The molecule has 140 valence electrons. The number of nitro benzene ring substituents is 2. The average molecular weight is 376 g/mol. The lowest BCUT2D eigenvalue weighted by atomic mass is 10.3. The van der Waals surface area contributed by atoms with Crippen molar-refractivity contribution in [1.29, 1.82) is 0 Å². The summed E-state index contributed by atoms with van der Waals surface area (Å²) in [6.45, 7) is -1.50. The third kappa shape index (κ3) is 5.49. The number of hydrogen-bond donors (Lipinski definition) is 0. The van der Waals surface area contributed by atoms with Gasteiger partial charge in [0.2, 0.25) is 0 Å². The summed E-state index contributed by atoms with van der Waals surface area (Å²) in [5.41, 5.74) is -0.701. The monoisotopic (exact) mass is 376 g/mol. The van der Waals surface area contributed by atoms with Gasteiger partial charge in [-0.3, -0.25) is 20.2 Å². The van der Waals surface area contributed by atoms with Crippen molar-refractivity contribution in [3.63, 3.8) is 0 Å². The topological polar surface area (TPSA) is 148 Å². The molecule has 11 heteroatoms. The fourth-order valence-corrected chi connectivity index (χ4v) is 1.92. The maximum atomic E-state index is 11.6. The van der Waals surface area contributed by atoms with Crippen LogP contribution in [-0.2, 0) is 14.3 Å². The van der Waals surface area contributed by atoms with Crippen molar-refractivity contribution in [2.75, 3.05) is 13.2 Å². The Hall–Kier alpha value is -4.02. The van der Waals surface area contributed by atoms with Crippen LogP contribution in [0.15, 0.2) is 48.5 Å². The van der Waals surface area contributed by atoms with Crippen molar-refractivity contribution >= 4 is 23.3 Å². The molecule has 0 aliphatic heterocycles. The Labute approximate surface area is 151 Å². The van der Waals surface area contributed by atoms with Crippen molar-refractivity contribution in [3.05, 3.63) is 68.8 Å². The van der Waals surface area contributed by atoms with Gasteiger partial charge in [0.15, 0.2) is 24.7 Å². The SMILES string of the molecule is O=C(COc1ccccc1[N+](=O)[O-])OC(=O)COc1ccccc1[N+](=O)[O-]. The van der Waals surface area contributed by atoms with E-state index in [-0.39, 0.29) is 22.9 Å². The fraction of sp³-hybridized carbons (Fsp3) is 0.125. The van der Waals surface area contributed by atoms with Crippen molar-refractivity contribution < 1.29 is 33.6 Å². The maximum absolute atomic E-state index is 11.6. The van der Waals surface area contributed by atoms with Crippen LogP contribution in [0.3, 0.4) is 0 Å². The van der Waals surface area contributed by atoms with Gasteiger partial charge >= 0.3 is 23.3 Å². The second-order valence-corrected chi connectivity index (χ2v) is 4.87. The molecule has 2 rings (SSSR count). The van der Waals surface area contributed by atoms with Gasteiger partial charge in [-0.2, -0.15) is 0 Å². The quantitative estimate of drug-likeness (QED) is 0.292. The summed E-state index contributed by atoms with van der Waals surface area (Å²) in [5.74, 6) is -2.54. The summed E-state index contributed by atoms with van der Waals surface area (Å²) in [5, 5.41) is 21.7. The Balaban J connectivity index is 1.85. The highest BCUT2D eigenvalue weighted by Gasteiger charge is 2.19. The van der Waals surface area contributed by atoms with Crippen LogP contribution in [0.25, 0.3) is 0 Å². The van der Waals surface area contributed by atoms with Crippen LogP contribution in [0.5, 0.6) is 11.5 Å². The summed E-state index contributed by atoms with van der Waals surface area (Å²) in [6, 6.07) is 10.7. The first-order chi connectivity index (χ1) is 12.9. The van der Waals surface area contributed by atoms with Crippen molar-refractivity contribution in [3.8, 4) is 11.5 Å². The van der Waals surface area contributed by atoms with E-state index in [0.29, 0.717) is 0 Å². The molecule has 0 atom stereocenters. The van der Waals surface area contributed by atoms with E-state index in [2.05, 4.69) is 4.74 Å². The van der Waals surface area contributed by atoms with Crippen molar-refractivity contribution in [2.45, 2.75) is 0 Å². The summed E-state index contributed by atoms with van der Waals surface area (Å²) in [4.78, 5) is 43.5. The second kappa shape index (κ2) is 8.89. The number of nitro groups is 2. The zero-order valence-electron chi connectivity index (χ0n) is 13.6. The van der Waals surface area contributed by atoms with Crippen molar-refractivity contribution in [1.82, 2.24) is 0 Å². The summed E-state index contributed by atoms with van der Waals surface area (Å²) >= 11 is 0. The van der Waals surface area contributed by atoms with Gasteiger partial charge in [-0.05, 0) is 12.1 Å². The Bertz CT molecular complexity index is 810. The molecule has 0 bridgehead atoms. The Morgan fingerprint density at radius 3 is 1.48 bits per heavy atom. The number of para-hydroxylation sites is 4. The molecule has 0 amide bonds. The van der Waals surface area contributed by atoms with E-state index in [4.69, 9.17) is 9.47 Å². The predicted molar refractivity (Wildman–Crippen MR) is 88.3 cm³/mol. The van der Waals surface area contributed by atoms with Crippen LogP contribution in [0.1, 0.15) is 0 Å². The third-order valence-electron chi connectivity index (χ3n) is 3.04. The Kier molecular flexibility index (Phi) is 6.36.